The number of ether oxygens (including phenoxy) is 2. The number of rotatable bonds is 8. The molecule has 3 aromatic rings. The number of aryl methyl sites for hydroxylation is 1. The molecule has 0 atom stereocenters. The number of pyridine rings is 1. The van der Waals surface area contributed by atoms with E-state index in [1.807, 2.05) is 19.1 Å². The zero-order chi connectivity index (χ0) is 21.7. The van der Waals surface area contributed by atoms with Crippen LogP contribution in [0, 0.1) is 0 Å². The Morgan fingerprint density at radius 1 is 0.871 bits per heavy atom. The first kappa shape index (κ1) is 24.2. The van der Waals surface area contributed by atoms with Crippen molar-refractivity contribution in [2.45, 2.75) is 40.3 Å². The van der Waals surface area contributed by atoms with Crippen molar-refractivity contribution in [1.29, 1.82) is 0 Å². The molecule has 0 amide bonds. The molecule has 0 bridgehead atoms. The summed E-state index contributed by atoms with van der Waals surface area (Å²) in [6.45, 7) is 9.82. The van der Waals surface area contributed by atoms with Crippen LogP contribution in [0.5, 0.6) is 11.5 Å². The number of anilines is 1. The molecule has 0 saturated heterocycles. The highest BCUT2D eigenvalue weighted by Gasteiger charge is 2.21. The molecular weight excluding hydrogens is 391 g/mol. The second-order valence-corrected chi connectivity index (χ2v) is 7.81. The van der Waals surface area contributed by atoms with E-state index in [2.05, 4.69) is 93.1 Å². The van der Waals surface area contributed by atoms with Crippen molar-refractivity contribution in [3.8, 4) is 33.8 Å². The lowest BCUT2D eigenvalue weighted by Crippen LogP contribution is -3.00. The van der Waals surface area contributed by atoms with Gasteiger partial charge in [-0.05, 0) is 63.1 Å². The summed E-state index contributed by atoms with van der Waals surface area (Å²) < 4.78 is 13.9. The van der Waals surface area contributed by atoms with Crippen LogP contribution in [0.4, 0.5) is 5.69 Å². The molecule has 1 aromatic heterocycles. The molecule has 166 valence electrons. The van der Waals surface area contributed by atoms with E-state index in [1.54, 1.807) is 0 Å². The predicted octanol–water partition coefficient (Wildman–Crippen LogP) is 2.58. The van der Waals surface area contributed by atoms with Crippen molar-refractivity contribution >= 4 is 5.69 Å². The normalized spacial score (nSPS) is 10.5. The molecule has 0 radical (unpaired) electrons. The lowest BCUT2D eigenvalue weighted by Gasteiger charge is -2.21. The fraction of sp³-hybridized carbons (Fsp3) is 0.346. The molecule has 0 spiro atoms. The highest BCUT2D eigenvalue weighted by molar-refractivity contribution is 5.89. The summed E-state index contributed by atoms with van der Waals surface area (Å²) in [5.74, 6) is 1.78. The van der Waals surface area contributed by atoms with Gasteiger partial charge in [0.25, 0.3) is 0 Å². The fourth-order valence-electron chi connectivity index (χ4n) is 3.65. The van der Waals surface area contributed by atoms with Crippen molar-refractivity contribution < 1.29 is 18.7 Å². The van der Waals surface area contributed by atoms with Crippen LogP contribution in [0.3, 0.4) is 0 Å². The van der Waals surface area contributed by atoms with Crippen molar-refractivity contribution in [2.75, 3.05) is 25.6 Å². The topological polar surface area (TPSA) is 25.6 Å². The summed E-state index contributed by atoms with van der Waals surface area (Å²) in [7, 11) is 4.19. The minimum atomic E-state index is 0. The predicted molar refractivity (Wildman–Crippen MR) is 124 cm³/mol. The lowest BCUT2D eigenvalue weighted by atomic mass is 9.97. The molecule has 0 saturated carbocycles. The maximum Gasteiger partial charge on any atom is 0.178 e. The van der Waals surface area contributed by atoms with Gasteiger partial charge in [-0.15, -0.1) is 0 Å². The number of nitrogens with zero attached hydrogens (tertiary/aromatic N) is 2. The first-order valence-electron chi connectivity index (χ1n) is 10.7. The van der Waals surface area contributed by atoms with Crippen LogP contribution in [-0.4, -0.2) is 26.8 Å². The maximum absolute atomic E-state index is 5.95. The van der Waals surface area contributed by atoms with Crippen molar-refractivity contribution in [1.82, 2.24) is 0 Å². The molecule has 0 aliphatic carbocycles. The summed E-state index contributed by atoms with van der Waals surface area (Å²) in [6.07, 6.45) is 4.58. The van der Waals surface area contributed by atoms with Gasteiger partial charge in [-0.3, -0.25) is 0 Å². The number of halogens is 1. The van der Waals surface area contributed by atoms with E-state index in [0.717, 1.165) is 29.2 Å². The summed E-state index contributed by atoms with van der Waals surface area (Å²) in [6, 6.07) is 16.7. The molecule has 1 heterocycles. The second-order valence-electron chi connectivity index (χ2n) is 7.81. The van der Waals surface area contributed by atoms with Crippen molar-refractivity contribution in [3.05, 3.63) is 60.9 Å². The number of hydrogen-bond donors (Lipinski definition) is 0. The van der Waals surface area contributed by atoms with Gasteiger partial charge >= 0.3 is 0 Å². The van der Waals surface area contributed by atoms with E-state index in [4.69, 9.17) is 9.47 Å². The van der Waals surface area contributed by atoms with Gasteiger partial charge in [0.05, 0.1) is 29.5 Å². The Bertz CT molecular complexity index is 1000. The highest BCUT2D eigenvalue weighted by Crippen LogP contribution is 2.39. The van der Waals surface area contributed by atoms with Crippen molar-refractivity contribution in [3.63, 3.8) is 0 Å². The number of benzene rings is 2. The van der Waals surface area contributed by atoms with Crippen LogP contribution in [0.2, 0.25) is 0 Å². The minimum Gasteiger partial charge on any atom is -1.00 e. The van der Waals surface area contributed by atoms with Gasteiger partial charge in [0.1, 0.15) is 18.0 Å². The monoisotopic (exact) mass is 424 g/mol. The largest absolute Gasteiger partial charge is 1.00 e. The summed E-state index contributed by atoms with van der Waals surface area (Å²) in [4.78, 5) is 2.19. The summed E-state index contributed by atoms with van der Waals surface area (Å²) in [5.41, 5.74) is 5.81. The summed E-state index contributed by atoms with van der Waals surface area (Å²) in [5, 5.41) is 0. The van der Waals surface area contributed by atoms with E-state index in [9.17, 15) is 0 Å². The molecule has 0 aliphatic heterocycles. The Kier molecular flexibility index (Phi) is 8.43. The van der Waals surface area contributed by atoms with Gasteiger partial charge in [-0.2, -0.15) is 0 Å². The zero-order valence-electron chi connectivity index (χ0n) is 19.4. The second kappa shape index (κ2) is 10.8. The standard InChI is InChI=1S/C26H33N2O2.FH/c1-7-28-17-24(20-11-9-13-22(15-20)29-8-2)26(27(5)6)25(18-28)21-12-10-14-23(16-21)30-19(3)4;/h9-19H,7-8H2,1-6H3;1H/q+1;/p-1. The van der Waals surface area contributed by atoms with E-state index < -0.39 is 0 Å². The van der Waals surface area contributed by atoms with Crippen LogP contribution in [0.15, 0.2) is 60.9 Å². The van der Waals surface area contributed by atoms with Crippen molar-refractivity contribution in [2.24, 2.45) is 0 Å². The van der Waals surface area contributed by atoms with Gasteiger partial charge in [0.2, 0.25) is 0 Å². The Morgan fingerprint density at radius 3 is 1.90 bits per heavy atom. The molecule has 3 rings (SSSR count). The van der Waals surface area contributed by atoms with Crippen LogP contribution < -0.4 is 23.6 Å². The Hall–Kier alpha value is -3.08. The smallest absolute Gasteiger partial charge is 0.178 e. The average Bonchev–Trinajstić information content (AvgIpc) is 2.73. The third-order valence-electron chi connectivity index (χ3n) is 4.89. The van der Waals surface area contributed by atoms with E-state index in [-0.39, 0.29) is 10.8 Å². The molecule has 5 heteroatoms. The molecule has 0 fully saturated rings. The molecule has 2 aromatic carbocycles. The average molecular weight is 425 g/mol. The Morgan fingerprint density at radius 2 is 1.42 bits per heavy atom. The maximum atomic E-state index is 5.95. The molecule has 4 nitrogen and oxygen atoms in total. The van der Waals surface area contributed by atoms with Gasteiger partial charge in [0.15, 0.2) is 12.4 Å². The number of hydrogen-bond acceptors (Lipinski definition) is 3. The fourth-order valence-corrected chi connectivity index (χ4v) is 3.65. The molecule has 0 aliphatic rings. The summed E-state index contributed by atoms with van der Waals surface area (Å²) >= 11 is 0. The minimum absolute atomic E-state index is 0. The van der Waals surface area contributed by atoms with Gasteiger partial charge in [-0.25, -0.2) is 4.57 Å². The van der Waals surface area contributed by atoms with Crippen LogP contribution in [-0.2, 0) is 6.54 Å². The van der Waals surface area contributed by atoms with Crippen LogP contribution >= 0.6 is 0 Å². The third-order valence-corrected chi connectivity index (χ3v) is 4.89. The Balaban J connectivity index is 0.00000341. The van der Waals surface area contributed by atoms with E-state index in [0.29, 0.717) is 6.61 Å². The number of aromatic nitrogens is 1. The van der Waals surface area contributed by atoms with Gasteiger partial charge in [0, 0.05) is 14.1 Å². The Labute approximate surface area is 185 Å². The molecule has 0 N–H and O–H groups in total. The van der Waals surface area contributed by atoms with Gasteiger partial charge < -0.3 is 19.1 Å². The van der Waals surface area contributed by atoms with E-state index >= 15 is 0 Å². The van der Waals surface area contributed by atoms with Gasteiger partial charge in [-0.1, -0.05) is 24.3 Å². The molecule has 31 heavy (non-hydrogen) atoms. The molecular formula is C26H33FN2O2. The first-order valence-corrected chi connectivity index (χ1v) is 10.7. The van der Waals surface area contributed by atoms with Crippen LogP contribution in [0.25, 0.3) is 22.3 Å². The van der Waals surface area contributed by atoms with Crippen LogP contribution in [0.1, 0.15) is 27.7 Å². The third kappa shape index (κ3) is 5.75. The first-order chi connectivity index (χ1) is 14.4. The highest BCUT2D eigenvalue weighted by atomic mass is 19.0. The van der Waals surface area contributed by atoms with E-state index in [1.165, 1.54) is 16.8 Å². The quantitative estimate of drug-likeness (QED) is 0.520. The lowest BCUT2D eigenvalue weighted by molar-refractivity contribution is -0.692. The SMILES string of the molecule is CCOc1cccc(-c2c[n+](CC)cc(-c3cccc(OC(C)C)c3)c2N(C)C)c1.[F-]. The molecule has 0 unspecified atom stereocenters. The zero-order valence-corrected chi connectivity index (χ0v) is 19.4.